The van der Waals surface area contributed by atoms with Crippen LogP contribution in [0.25, 0.3) is 0 Å². The molecule has 2 bridgehead atoms. The van der Waals surface area contributed by atoms with Gasteiger partial charge in [-0.15, -0.1) is 0 Å². The van der Waals surface area contributed by atoms with E-state index in [1.54, 1.807) is 43.3 Å². The predicted octanol–water partition coefficient (Wildman–Crippen LogP) is 6.27. The van der Waals surface area contributed by atoms with Crippen LogP contribution in [-0.2, 0) is 19.1 Å². The Hall–Kier alpha value is -2.81. The number of ether oxygens (including phenoxy) is 2. The average molecular weight is 639 g/mol. The molecule has 0 heterocycles. The molecule has 1 fully saturated rings. The number of ketones is 1. The molecule has 3 aliphatic rings. The fourth-order valence-electron chi connectivity index (χ4n) is 8.23. The van der Waals surface area contributed by atoms with E-state index >= 15 is 0 Å². The maximum Gasteiger partial charge on any atom is 0.338 e. The van der Waals surface area contributed by atoms with E-state index in [0.717, 1.165) is 19.3 Å². The molecule has 1 saturated carbocycles. The molecule has 0 amide bonds. The fraction of sp³-hybridized carbons (Fsp3) is 0.658. The average Bonchev–Trinajstić information content (AvgIpc) is 3.17. The van der Waals surface area contributed by atoms with E-state index in [0.29, 0.717) is 24.0 Å². The van der Waals surface area contributed by atoms with Gasteiger partial charge in [0.05, 0.1) is 16.9 Å². The van der Waals surface area contributed by atoms with E-state index in [1.807, 2.05) is 20.8 Å². The number of carbonyl (C=O) groups is 3. The molecule has 46 heavy (non-hydrogen) atoms. The van der Waals surface area contributed by atoms with E-state index in [-0.39, 0.29) is 18.0 Å². The molecule has 3 N–H and O–H groups in total. The number of esters is 2. The zero-order chi connectivity index (χ0) is 33.7. The number of Topliss-reactive ketones (excluding diaryl/α,β-unsaturated/α-hetero) is 1. The molecule has 3 aliphatic carbocycles. The number of benzene rings is 1. The van der Waals surface area contributed by atoms with E-state index in [9.17, 15) is 29.7 Å². The molecule has 0 saturated heterocycles. The van der Waals surface area contributed by atoms with Crippen LogP contribution in [0.1, 0.15) is 116 Å². The first-order chi connectivity index (χ1) is 21.8. The Morgan fingerprint density at radius 3 is 2.17 bits per heavy atom. The molecular weight excluding hydrogens is 584 g/mol. The largest absolute Gasteiger partial charge is 0.461 e. The summed E-state index contributed by atoms with van der Waals surface area (Å²) < 4.78 is 11.7. The minimum absolute atomic E-state index is 0.0824. The van der Waals surface area contributed by atoms with Crippen molar-refractivity contribution in [1.82, 2.24) is 0 Å². The molecule has 1 spiro atoms. The molecular formula is C38H54O8. The summed E-state index contributed by atoms with van der Waals surface area (Å²) in [5.74, 6) is -3.01. The van der Waals surface area contributed by atoms with Crippen molar-refractivity contribution in [1.29, 1.82) is 0 Å². The highest BCUT2D eigenvalue weighted by Crippen LogP contribution is 2.61. The van der Waals surface area contributed by atoms with Gasteiger partial charge in [-0.25, -0.2) is 4.79 Å². The Kier molecular flexibility index (Phi) is 11.7. The van der Waals surface area contributed by atoms with E-state index in [1.165, 1.54) is 38.2 Å². The van der Waals surface area contributed by atoms with Crippen molar-refractivity contribution in [3.8, 4) is 0 Å². The maximum absolute atomic E-state index is 14.7. The van der Waals surface area contributed by atoms with Gasteiger partial charge in [0.2, 0.25) is 0 Å². The number of fused-ring (bicyclic) bond motifs is 1. The van der Waals surface area contributed by atoms with Crippen molar-refractivity contribution in [2.75, 3.05) is 6.61 Å². The quantitative estimate of drug-likeness (QED) is 0.124. The summed E-state index contributed by atoms with van der Waals surface area (Å²) in [6, 6.07) is 8.38. The van der Waals surface area contributed by atoms with E-state index in [2.05, 4.69) is 6.92 Å². The third kappa shape index (κ3) is 6.90. The van der Waals surface area contributed by atoms with Crippen LogP contribution in [0, 0.1) is 22.7 Å². The minimum Gasteiger partial charge on any atom is -0.461 e. The highest BCUT2D eigenvalue weighted by molar-refractivity contribution is 5.95. The van der Waals surface area contributed by atoms with Crippen LogP contribution in [0.3, 0.4) is 0 Å². The number of aliphatic hydroxyl groups excluding tert-OH is 2. The molecule has 1 aromatic carbocycles. The first-order valence-corrected chi connectivity index (χ1v) is 17.3. The van der Waals surface area contributed by atoms with Gasteiger partial charge in [0.1, 0.15) is 30.5 Å². The second kappa shape index (κ2) is 15.0. The summed E-state index contributed by atoms with van der Waals surface area (Å²) in [5.41, 5.74) is -3.89. The number of hydrogen-bond donors (Lipinski definition) is 3. The highest BCUT2D eigenvalue weighted by atomic mass is 16.5. The second-order valence-corrected chi connectivity index (χ2v) is 14.5. The monoisotopic (exact) mass is 638 g/mol. The van der Waals surface area contributed by atoms with Gasteiger partial charge >= 0.3 is 11.9 Å². The van der Waals surface area contributed by atoms with Gasteiger partial charge in [-0.3, -0.25) is 9.59 Å². The molecule has 4 rings (SSSR count). The van der Waals surface area contributed by atoms with Gasteiger partial charge in [-0.2, -0.15) is 0 Å². The Bertz CT molecular complexity index is 1300. The molecule has 0 radical (unpaired) electrons. The Morgan fingerprint density at radius 2 is 1.54 bits per heavy atom. The van der Waals surface area contributed by atoms with Crippen molar-refractivity contribution in [2.45, 2.75) is 129 Å². The lowest BCUT2D eigenvalue weighted by Gasteiger charge is -2.48. The first kappa shape index (κ1) is 36.0. The van der Waals surface area contributed by atoms with Gasteiger partial charge in [-0.05, 0) is 49.0 Å². The van der Waals surface area contributed by atoms with Gasteiger partial charge in [0.25, 0.3) is 0 Å². The normalized spacial score (nSPS) is 31.7. The molecule has 7 atom stereocenters. The number of carbonyl (C=O) groups excluding carboxylic acids is 3. The molecule has 0 aliphatic heterocycles. The summed E-state index contributed by atoms with van der Waals surface area (Å²) >= 11 is 0. The predicted molar refractivity (Wildman–Crippen MR) is 176 cm³/mol. The Labute approximate surface area is 274 Å². The van der Waals surface area contributed by atoms with E-state index in [4.69, 9.17) is 9.47 Å². The van der Waals surface area contributed by atoms with Crippen LogP contribution < -0.4 is 0 Å². The third-order valence-electron chi connectivity index (χ3n) is 10.7. The summed E-state index contributed by atoms with van der Waals surface area (Å²) in [4.78, 5) is 40.9. The van der Waals surface area contributed by atoms with Crippen LogP contribution >= 0.6 is 0 Å². The van der Waals surface area contributed by atoms with Crippen molar-refractivity contribution < 1.29 is 39.2 Å². The summed E-state index contributed by atoms with van der Waals surface area (Å²) in [5, 5.41) is 35.5. The van der Waals surface area contributed by atoms with Crippen LogP contribution in [0.4, 0.5) is 0 Å². The van der Waals surface area contributed by atoms with Gasteiger partial charge < -0.3 is 24.8 Å². The van der Waals surface area contributed by atoms with Crippen LogP contribution in [0.5, 0.6) is 0 Å². The lowest BCUT2D eigenvalue weighted by atomic mass is 9.59. The first-order valence-electron chi connectivity index (χ1n) is 17.3. The molecule has 0 aromatic heterocycles. The topological polar surface area (TPSA) is 130 Å². The lowest BCUT2D eigenvalue weighted by Crippen LogP contribution is -2.65. The maximum atomic E-state index is 14.7. The van der Waals surface area contributed by atoms with Crippen molar-refractivity contribution in [2.24, 2.45) is 22.7 Å². The smallest absolute Gasteiger partial charge is 0.338 e. The number of rotatable bonds is 14. The van der Waals surface area contributed by atoms with Gasteiger partial charge in [0, 0.05) is 11.8 Å². The van der Waals surface area contributed by atoms with Gasteiger partial charge in [0.15, 0.2) is 5.78 Å². The van der Waals surface area contributed by atoms with Crippen molar-refractivity contribution in [3.05, 3.63) is 59.2 Å². The molecule has 254 valence electrons. The lowest BCUT2D eigenvalue weighted by molar-refractivity contribution is -0.189. The summed E-state index contributed by atoms with van der Waals surface area (Å²) in [6.45, 7) is 9.15. The summed E-state index contributed by atoms with van der Waals surface area (Å²) in [7, 11) is 0. The van der Waals surface area contributed by atoms with Crippen LogP contribution in [0.2, 0.25) is 0 Å². The Morgan fingerprint density at radius 1 is 0.935 bits per heavy atom. The number of unbranched alkanes of at least 4 members (excludes halogenated alkanes) is 8. The Balaban J connectivity index is 1.59. The zero-order valence-corrected chi connectivity index (χ0v) is 28.3. The second-order valence-electron chi connectivity index (χ2n) is 14.5. The fourth-order valence-corrected chi connectivity index (χ4v) is 8.23. The van der Waals surface area contributed by atoms with Crippen LogP contribution in [0.15, 0.2) is 53.6 Å². The molecule has 1 aromatic rings. The minimum atomic E-state index is -2.31. The van der Waals surface area contributed by atoms with Crippen LogP contribution in [-0.4, -0.2) is 63.6 Å². The zero-order valence-electron chi connectivity index (χ0n) is 28.3. The highest BCUT2D eigenvalue weighted by Gasteiger charge is 2.72. The van der Waals surface area contributed by atoms with E-state index < -0.39 is 64.9 Å². The van der Waals surface area contributed by atoms with Gasteiger partial charge in [-0.1, -0.05) is 109 Å². The molecule has 0 unspecified atom stereocenters. The van der Waals surface area contributed by atoms with Crippen molar-refractivity contribution in [3.63, 3.8) is 0 Å². The standard InChI is InChI=1S/C38H54O8/c1-6-7-8-9-10-11-12-13-17-20-30(39)46-34-29-21-28(24-45-35(43)27-18-15-14-16-19-27)32(41)38(44)31(40)25(2)22-37(38,33(29)42)26(3)23-36(34,4)5/h14-16,18-19,21-22,26,29,31-32,34,40-41,44H,6-13,17,20,23-24H2,1-5H3/t26-,29-,31+,32-,34-,37+,38-/m1/s1. The number of hydrogen-bond acceptors (Lipinski definition) is 8. The molecule has 8 heteroatoms. The SMILES string of the molecule is CCCCCCCCCCCC(=O)O[C@@H]1[C@@H]2C=C(COC(=O)c3ccccc3)[C@@H](O)[C@]3(O)[C@@H](O)C(C)=C[C@@]3(C2=O)[C@H](C)CC1(C)C. The molecule has 8 nitrogen and oxygen atoms in total. The number of aliphatic hydroxyl groups is 3. The summed E-state index contributed by atoms with van der Waals surface area (Å²) in [6.07, 6.45) is 9.66. The third-order valence-corrected chi connectivity index (χ3v) is 10.7. The van der Waals surface area contributed by atoms with Crippen molar-refractivity contribution >= 4 is 17.7 Å².